The highest BCUT2D eigenvalue weighted by Gasteiger charge is 2.15. The monoisotopic (exact) mass is 325 g/mol. The molecule has 2 heteroatoms. The van der Waals surface area contributed by atoms with Crippen molar-refractivity contribution in [3.63, 3.8) is 0 Å². The maximum absolute atomic E-state index is 5.38. The van der Waals surface area contributed by atoms with Gasteiger partial charge in [0.2, 0.25) is 0 Å². The van der Waals surface area contributed by atoms with Crippen LogP contribution in [0.2, 0.25) is 0 Å². The molecule has 2 aromatic carbocycles. The summed E-state index contributed by atoms with van der Waals surface area (Å²) in [4.78, 5) is 0. The van der Waals surface area contributed by atoms with Crippen LogP contribution in [0.15, 0.2) is 30.3 Å². The zero-order chi connectivity index (χ0) is 17.9. The molecule has 1 unspecified atom stereocenters. The molecule has 130 valence electrons. The molecule has 0 heterocycles. The van der Waals surface area contributed by atoms with Gasteiger partial charge in [-0.05, 0) is 78.1 Å². The first-order chi connectivity index (χ1) is 11.4. The highest BCUT2D eigenvalue weighted by atomic mass is 16.5. The second kappa shape index (κ2) is 7.74. The highest BCUT2D eigenvalue weighted by Crippen LogP contribution is 2.32. The molecular weight excluding hydrogens is 294 g/mol. The minimum absolute atomic E-state index is 0.533. The quantitative estimate of drug-likeness (QED) is 0.735. The van der Waals surface area contributed by atoms with E-state index in [2.05, 4.69) is 70.3 Å². The fourth-order valence-corrected chi connectivity index (χ4v) is 3.24. The molecule has 0 aliphatic carbocycles. The molecule has 0 amide bonds. The third kappa shape index (κ3) is 3.92. The van der Waals surface area contributed by atoms with Crippen LogP contribution >= 0.6 is 0 Å². The number of nitrogens with one attached hydrogen (secondary N) is 1. The topological polar surface area (TPSA) is 21.3 Å². The van der Waals surface area contributed by atoms with Crippen LogP contribution in [0.25, 0.3) is 0 Å². The van der Waals surface area contributed by atoms with Gasteiger partial charge >= 0.3 is 0 Å². The summed E-state index contributed by atoms with van der Waals surface area (Å²) < 4.78 is 5.38. The molecule has 24 heavy (non-hydrogen) atoms. The van der Waals surface area contributed by atoms with Crippen molar-refractivity contribution < 1.29 is 4.74 Å². The van der Waals surface area contributed by atoms with E-state index >= 15 is 0 Å². The van der Waals surface area contributed by atoms with E-state index in [0.717, 1.165) is 12.2 Å². The van der Waals surface area contributed by atoms with Gasteiger partial charge < -0.3 is 10.1 Å². The lowest BCUT2D eigenvalue weighted by atomic mass is 9.86. The van der Waals surface area contributed by atoms with Crippen LogP contribution in [0.1, 0.15) is 54.5 Å². The number of ether oxygens (including phenoxy) is 1. The molecule has 0 saturated heterocycles. The van der Waals surface area contributed by atoms with E-state index in [4.69, 9.17) is 4.74 Å². The van der Waals surface area contributed by atoms with Crippen molar-refractivity contribution in [2.24, 2.45) is 5.92 Å². The molecule has 0 spiro atoms. The summed E-state index contributed by atoms with van der Waals surface area (Å²) in [5.74, 6) is 2.09. The van der Waals surface area contributed by atoms with Crippen molar-refractivity contribution in [3.05, 3.63) is 58.1 Å². The minimum atomic E-state index is 0.533. The van der Waals surface area contributed by atoms with E-state index in [0.29, 0.717) is 11.8 Å². The predicted molar refractivity (Wildman–Crippen MR) is 105 cm³/mol. The summed E-state index contributed by atoms with van der Waals surface area (Å²) in [6.07, 6.45) is 0.962. The van der Waals surface area contributed by atoms with Gasteiger partial charge in [-0.3, -0.25) is 0 Å². The third-order valence-electron chi connectivity index (χ3n) is 5.16. The van der Waals surface area contributed by atoms with Crippen molar-refractivity contribution in [3.8, 4) is 5.75 Å². The Balaban J connectivity index is 2.39. The molecule has 0 bridgehead atoms. The normalized spacial score (nSPS) is 12.3. The van der Waals surface area contributed by atoms with Gasteiger partial charge in [-0.1, -0.05) is 32.9 Å². The van der Waals surface area contributed by atoms with Gasteiger partial charge in [0, 0.05) is 12.7 Å². The second-order valence-corrected chi connectivity index (χ2v) is 7.12. The van der Waals surface area contributed by atoms with Crippen LogP contribution in [0, 0.1) is 19.8 Å². The maximum atomic E-state index is 5.38. The van der Waals surface area contributed by atoms with Crippen LogP contribution in [-0.2, 0) is 6.42 Å². The number of aryl methyl sites for hydroxylation is 2. The number of rotatable bonds is 6. The van der Waals surface area contributed by atoms with E-state index in [1.165, 1.54) is 33.5 Å². The van der Waals surface area contributed by atoms with Gasteiger partial charge in [0.1, 0.15) is 5.75 Å². The SMILES string of the molecule is CNc1ccc(Cc2c(C)cc(OC)cc2C)cc1C(C)C(C)C. The van der Waals surface area contributed by atoms with Gasteiger partial charge in [-0.2, -0.15) is 0 Å². The van der Waals surface area contributed by atoms with Crippen LogP contribution in [0.4, 0.5) is 5.69 Å². The fourth-order valence-electron chi connectivity index (χ4n) is 3.24. The number of hydrogen-bond donors (Lipinski definition) is 1. The lowest BCUT2D eigenvalue weighted by molar-refractivity contribution is 0.414. The Hall–Kier alpha value is -1.96. The summed E-state index contributed by atoms with van der Waals surface area (Å²) in [6.45, 7) is 11.2. The highest BCUT2D eigenvalue weighted by molar-refractivity contribution is 5.55. The summed E-state index contributed by atoms with van der Waals surface area (Å²) in [7, 11) is 3.73. The van der Waals surface area contributed by atoms with E-state index in [1.54, 1.807) is 7.11 Å². The molecule has 2 nitrogen and oxygen atoms in total. The van der Waals surface area contributed by atoms with Gasteiger partial charge in [0.25, 0.3) is 0 Å². The van der Waals surface area contributed by atoms with Gasteiger partial charge in [-0.25, -0.2) is 0 Å². The van der Waals surface area contributed by atoms with Crippen molar-refractivity contribution >= 4 is 5.69 Å². The predicted octanol–water partition coefficient (Wildman–Crippen LogP) is 5.70. The summed E-state index contributed by atoms with van der Waals surface area (Å²) in [6, 6.07) is 11.1. The van der Waals surface area contributed by atoms with Crippen molar-refractivity contribution in [2.75, 3.05) is 19.5 Å². The number of benzene rings is 2. The third-order valence-corrected chi connectivity index (χ3v) is 5.16. The van der Waals surface area contributed by atoms with E-state index < -0.39 is 0 Å². The first kappa shape index (κ1) is 18.4. The van der Waals surface area contributed by atoms with Crippen LogP contribution in [0.3, 0.4) is 0 Å². The second-order valence-electron chi connectivity index (χ2n) is 7.12. The summed E-state index contributed by atoms with van der Waals surface area (Å²) in [5.41, 5.74) is 8.01. The Morgan fingerprint density at radius 1 is 1.00 bits per heavy atom. The Bertz CT molecular complexity index is 680. The first-order valence-corrected chi connectivity index (χ1v) is 8.82. The maximum Gasteiger partial charge on any atom is 0.119 e. The molecule has 2 rings (SSSR count). The lowest BCUT2D eigenvalue weighted by Crippen LogP contribution is -2.07. The zero-order valence-electron chi connectivity index (χ0n) is 16.2. The van der Waals surface area contributed by atoms with E-state index in [1.807, 2.05) is 7.05 Å². The Morgan fingerprint density at radius 3 is 2.12 bits per heavy atom. The molecule has 0 aliphatic rings. The standard InChI is InChI=1S/C22H31NO/c1-14(2)17(5)21-13-18(8-9-22(21)23-6)12-20-15(3)10-19(24-7)11-16(20)4/h8-11,13-14,17,23H,12H2,1-7H3. The molecule has 0 radical (unpaired) electrons. The minimum Gasteiger partial charge on any atom is -0.497 e. The number of hydrogen-bond acceptors (Lipinski definition) is 2. The molecule has 2 aromatic rings. The summed E-state index contributed by atoms with van der Waals surface area (Å²) >= 11 is 0. The zero-order valence-corrected chi connectivity index (χ0v) is 16.2. The molecule has 0 fully saturated rings. The Morgan fingerprint density at radius 2 is 1.62 bits per heavy atom. The van der Waals surface area contributed by atoms with E-state index in [-0.39, 0.29) is 0 Å². The van der Waals surface area contributed by atoms with Crippen molar-refractivity contribution in [1.82, 2.24) is 0 Å². The molecular formula is C22H31NO. The van der Waals surface area contributed by atoms with Gasteiger partial charge in [0.05, 0.1) is 7.11 Å². The molecule has 0 saturated carbocycles. The number of anilines is 1. The van der Waals surface area contributed by atoms with Gasteiger partial charge in [0.15, 0.2) is 0 Å². The average Bonchev–Trinajstić information content (AvgIpc) is 2.56. The van der Waals surface area contributed by atoms with Crippen molar-refractivity contribution in [1.29, 1.82) is 0 Å². The first-order valence-electron chi connectivity index (χ1n) is 8.82. The van der Waals surface area contributed by atoms with Gasteiger partial charge in [-0.15, -0.1) is 0 Å². The molecule has 1 atom stereocenters. The smallest absolute Gasteiger partial charge is 0.119 e. The van der Waals surface area contributed by atoms with Crippen LogP contribution < -0.4 is 10.1 Å². The van der Waals surface area contributed by atoms with Crippen molar-refractivity contribution in [2.45, 2.75) is 47.0 Å². The Kier molecular flexibility index (Phi) is 5.93. The number of methoxy groups -OCH3 is 1. The fraction of sp³-hybridized carbons (Fsp3) is 0.455. The van der Waals surface area contributed by atoms with E-state index in [9.17, 15) is 0 Å². The molecule has 1 N–H and O–H groups in total. The van der Waals surface area contributed by atoms with Crippen LogP contribution in [-0.4, -0.2) is 14.2 Å². The lowest BCUT2D eigenvalue weighted by Gasteiger charge is -2.21. The molecule has 0 aromatic heterocycles. The van der Waals surface area contributed by atoms with Crippen LogP contribution in [0.5, 0.6) is 5.75 Å². The average molecular weight is 325 g/mol. The Labute approximate surface area is 147 Å². The molecule has 0 aliphatic heterocycles. The summed E-state index contributed by atoms with van der Waals surface area (Å²) in [5, 5.41) is 3.34. The largest absolute Gasteiger partial charge is 0.497 e.